The fourth-order valence-electron chi connectivity index (χ4n) is 1.57. The Bertz CT molecular complexity index is 231. The van der Waals surface area contributed by atoms with Gasteiger partial charge in [-0.15, -0.1) is 0 Å². The van der Waals surface area contributed by atoms with E-state index in [1.165, 1.54) is 0 Å². The predicted molar refractivity (Wildman–Crippen MR) is 56.2 cm³/mol. The largest absolute Gasteiger partial charge is 0.378 e. The van der Waals surface area contributed by atoms with Crippen LogP contribution in [0.15, 0.2) is 11.6 Å². The Morgan fingerprint density at radius 3 is 2.64 bits per heavy atom. The lowest BCUT2D eigenvalue weighted by atomic mass is 9.77. The first-order chi connectivity index (χ1) is 6.58. The number of rotatable bonds is 5. The number of methoxy groups -OCH3 is 1. The molecule has 1 amide bonds. The predicted octanol–water partition coefficient (Wildman–Crippen LogP) is 1.81. The summed E-state index contributed by atoms with van der Waals surface area (Å²) in [5.74, 6) is -0.0200. The van der Waals surface area contributed by atoms with Crippen LogP contribution in [0.3, 0.4) is 0 Å². The molecule has 0 heterocycles. The van der Waals surface area contributed by atoms with Gasteiger partial charge in [0.1, 0.15) is 0 Å². The molecule has 80 valence electrons. The van der Waals surface area contributed by atoms with Gasteiger partial charge in [-0.3, -0.25) is 4.79 Å². The van der Waals surface area contributed by atoms with Crippen molar-refractivity contribution < 1.29 is 9.53 Å². The second kappa shape index (κ2) is 4.80. The molecular formula is C10H16ClNO2. The number of hydrogen-bond acceptors (Lipinski definition) is 2. The molecule has 0 radical (unpaired) electrons. The van der Waals surface area contributed by atoms with Crippen molar-refractivity contribution in [1.29, 1.82) is 0 Å². The third-order valence-electron chi connectivity index (χ3n) is 2.66. The number of ether oxygens (including phenoxy) is 1. The maximum absolute atomic E-state index is 11.4. The van der Waals surface area contributed by atoms with Gasteiger partial charge in [0, 0.05) is 12.1 Å². The van der Waals surface area contributed by atoms with Crippen LogP contribution >= 0.6 is 11.6 Å². The zero-order chi connectivity index (χ0) is 10.6. The van der Waals surface area contributed by atoms with Crippen LogP contribution in [0.2, 0.25) is 0 Å². The van der Waals surface area contributed by atoms with Gasteiger partial charge in [-0.2, -0.15) is 0 Å². The number of carbonyl (C=O) groups is 1. The van der Waals surface area contributed by atoms with E-state index in [1.807, 2.05) is 0 Å². The molecule has 0 bridgehead atoms. The van der Waals surface area contributed by atoms with Gasteiger partial charge in [0.15, 0.2) is 0 Å². The van der Waals surface area contributed by atoms with Crippen LogP contribution in [0, 0.1) is 0 Å². The standard InChI is InChI=1S/C10H16ClNO2/c1-8(11)7-12-9(13)6-10(14-2)4-3-5-10/h1,3-7H2,2H3,(H,12,13). The van der Waals surface area contributed by atoms with E-state index < -0.39 is 0 Å². The minimum Gasteiger partial charge on any atom is -0.378 e. The summed E-state index contributed by atoms with van der Waals surface area (Å²) in [6.45, 7) is 3.83. The monoisotopic (exact) mass is 217 g/mol. The zero-order valence-corrected chi connectivity index (χ0v) is 9.19. The van der Waals surface area contributed by atoms with Crippen molar-refractivity contribution in [3.8, 4) is 0 Å². The lowest BCUT2D eigenvalue weighted by molar-refractivity contribution is -0.134. The van der Waals surface area contributed by atoms with E-state index in [4.69, 9.17) is 16.3 Å². The maximum atomic E-state index is 11.4. The van der Waals surface area contributed by atoms with Crippen molar-refractivity contribution in [2.24, 2.45) is 0 Å². The smallest absolute Gasteiger partial charge is 0.223 e. The number of amides is 1. The summed E-state index contributed by atoms with van der Waals surface area (Å²) >= 11 is 5.53. The molecule has 0 aromatic heterocycles. The summed E-state index contributed by atoms with van der Waals surface area (Å²) in [5, 5.41) is 3.13. The number of hydrogen-bond donors (Lipinski definition) is 1. The van der Waals surface area contributed by atoms with Crippen molar-refractivity contribution in [2.75, 3.05) is 13.7 Å². The van der Waals surface area contributed by atoms with E-state index in [0.717, 1.165) is 19.3 Å². The highest BCUT2D eigenvalue weighted by molar-refractivity contribution is 6.29. The molecule has 0 aromatic rings. The van der Waals surface area contributed by atoms with Crippen LogP contribution in [0.1, 0.15) is 25.7 Å². The Balaban J connectivity index is 2.28. The van der Waals surface area contributed by atoms with E-state index in [0.29, 0.717) is 18.0 Å². The van der Waals surface area contributed by atoms with E-state index in [9.17, 15) is 4.79 Å². The minimum atomic E-state index is -0.211. The Morgan fingerprint density at radius 2 is 2.29 bits per heavy atom. The summed E-state index contributed by atoms with van der Waals surface area (Å²) in [7, 11) is 1.66. The van der Waals surface area contributed by atoms with Gasteiger partial charge in [0.2, 0.25) is 5.91 Å². The molecule has 4 heteroatoms. The highest BCUT2D eigenvalue weighted by atomic mass is 35.5. The van der Waals surface area contributed by atoms with Gasteiger partial charge in [0.25, 0.3) is 0 Å². The molecule has 1 aliphatic rings. The molecule has 1 fully saturated rings. The summed E-state index contributed by atoms with van der Waals surface area (Å²) < 4.78 is 5.33. The molecule has 1 rings (SSSR count). The van der Waals surface area contributed by atoms with Crippen LogP contribution in [-0.4, -0.2) is 25.2 Å². The van der Waals surface area contributed by atoms with Crippen LogP contribution in [0.4, 0.5) is 0 Å². The van der Waals surface area contributed by atoms with Gasteiger partial charge in [-0.1, -0.05) is 18.2 Å². The molecule has 14 heavy (non-hydrogen) atoms. The van der Waals surface area contributed by atoms with E-state index in [1.54, 1.807) is 7.11 Å². The second-order valence-corrected chi connectivity index (χ2v) is 4.25. The van der Waals surface area contributed by atoms with E-state index in [-0.39, 0.29) is 11.5 Å². The van der Waals surface area contributed by atoms with Crippen LogP contribution < -0.4 is 5.32 Å². The highest BCUT2D eigenvalue weighted by Gasteiger charge is 2.38. The molecule has 0 saturated heterocycles. The molecule has 0 unspecified atom stereocenters. The van der Waals surface area contributed by atoms with E-state index >= 15 is 0 Å². The van der Waals surface area contributed by atoms with Crippen LogP contribution in [0.25, 0.3) is 0 Å². The third kappa shape index (κ3) is 3.00. The normalized spacial score (nSPS) is 18.4. The molecular weight excluding hydrogens is 202 g/mol. The summed E-state index contributed by atoms with van der Waals surface area (Å²) in [6.07, 6.45) is 3.51. The molecule has 3 nitrogen and oxygen atoms in total. The van der Waals surface area contributed by atoms with Gasteiger partial charge >= 0.3 is 0 Å². The average Bonchev–Trinajstić information content (AvgIpc) is 2.08. The van der Waals surface area contributed by atoms with E-state index in [2.05, 4.69) is 11.9 Å². The molecule has 0 aromatic carbocycles. The first-order valence-electron chi connectivity index (χ1n) is 4.73. The minimum absolute atomic E-state index is 0.0200. The lowest BCUT2D eigenvalue weighted by Crippen LogP contribution is -2.44. The SMILES string of the molecule is C=C(Cl)CNC(=O)CC1(OC)CCC1. The van der Waals surface area contributed by atoms with Crippen molar-refractivity contribution >= 4 is 17.5 Å². The quantitative estimate of drug-likeness (QED) is 0.763. The Morgan fingerprint density at radius 1 is 1.64 bits per heavy atom. The molecule has 1 aliphatic carbocycles. The summed E-state index contributed by atoms with van der Waals surface area (Å²) in [6, 6.07) is 0. The topological polar surface area (TPSA) is 38.3 Å². The van der Waals surface area contributed by atoms with Gasteiger partial charge < -0.3 is 10.1 Å². The molecule has 1 saturated carbocycles. The number of nitrogens with one attached hydrogen (secondary N) is 1. The van der Waals surface area contributed by atoms with Crippen molar-refractivity contribution in [1.82, 2.24) is 5.32 Å². The molecule has 0 atom stereocenters. The molecule has 0 aliphatic heterocycles. The van der Waals surface area contributed by atoms with Crippen LogP contribution in [-0.2, 0) is 9.53 Å². The summed E-state index contributed by atoms with van der Waals surface area (Å²) in [5.41, 5.74) is -0.211. The third-order valence-corrected chi connectivity index (χ3v) is 2.79. The first-order valence-corrected chi connectivity index (χ1v) is 5.11. The number of carbonyl (C=O) groups excluding carboxylic acids is 1. The second-order valence-electron chi connectivity index (χ2n) is 3.71. The highest BCUT2D eigenvalue weighted by Crippen LogP contribution is 2.37. The Kier molecular flexibility index (Phi) is 3.96. The fraction of sp³-hybridized carbons (Fsp3) is 0.700. The lowest BCUT2D eigenvalue weighted by Gasteiger charge is -2.39. The number of halogens is 1. The van der Waals surface area contributed by atoms with Crippen LogP contribution in [0.5, 0.6) is 0 Å². The fourth-order valence-corrected chi connectivity index (χ4v) is 1.64. The van der Waals surface area contributed by atoms with Gasteiger partial charge in [-0.25, -0.2) is 0 Å². The van der Waals surface area contributed by atoms with Gasteiger partial charge in [0.05, 0.1) is 18.6 Å². The Hall–Kier alpha value is -0.540. The van der Waals surface area contributed by atoms with Crippen molar-refractivity contribution in [3.63, 3.8) is 0 Å². The molecule has 1 N–H and O–H groups in total. The summed E-state index contributed by atoms with van der Waals surface area (Å²) in [4.78, 5) is 11.4. The van der Waals surface area contributed by atoms with Gasteiger partial charge in [-0.05, 0) is 19.3 Å². The maximum Gasteiger partial charge on any atom is 0.223 e. The average molecular weight is 218 g/mol. The zero-order valence-electron chi connectivity index (χ0n) is 8.44. The molecule has 0 spiro atoms. The van der Waals surface area contributed by atoms with Crippen molar-refractivity contribution in [2.45, 2.75) is 31.3 Å². The van der Waals surface area contributed by atoms with Crippen molar-refractivity contribution in [3.05, 3.63) is 11.6 Å². The first kappa shape index (κ1) is 11.5. The Labute approximate surface area is 89.5 Å².